The van der Waals surface area contributed by atoms with Crippen molar-refractivity contribution in [1.82, 2.24) is 9.47 Å². The van der Waals surface area contributed by atoms with E-state index < -0.39 is 23.0 Å². The fourth-order valence-electron chi connectivity index (χ4n) is 4.64. The first kappa shape index (κ1) is 22.5. The summed E-state index contributed by atoms with van der Waals surface area (Å²) in [7, 11) is 0. The standard InChI is InChI=1S/C26H28F2N4O2/c1-3-30-8-10-31(11-9-30)24-14-23-19(13-21(24)28)25(33)20(15-32(23)18-6-7-18)26(34)29-22-12-17(27)5-4-16(22)2/h4-5,12-15,18H,3,6-11H2,1-2H3,(H,29,34). The van der Waals surface area contributed by atoms with Gasteiger partial charge in [-0.1, -0.05) is 13.0 Å². The van der Waals surface area contributed by atoms with Crippen LogP contribution in [0.4, 0.5) is 20.2 Å². The Morgan fingerprint density at radius 1 is 1.09 bits per heavy atom. The van der Waals surface area contributed by atoms with E-state index in [1.807, 2.05) is 9.47 Å². The molecule has 0 spiro atoms. The van der Waals surface area contributed by atoms with Crippen molar-refractivity contribution >= 4 is 28.2 Å². The molecule has 3 aromatic rings. The number of aryl methyl sites for hydroxylation is 1. The molecule has 8 heteroatoms. The van der Waals surface area contributed by atoms with Gasteiger partial charge in [-0.25, -0.2) is 8.78 Å². The van der Waals surface area contributed by atoms with Crippen molar-refractivity contribution in [2.75, 3.05) is 42.9 Å². The second kappa shape index (κ2) is 8.83. The van der Waals surface area contributed by atoms with Crippen LogP contribution in [0, 0.1) is 18.6 Å². The molecule has 0 unspecified atom stereocenters. The first-order valence-corrected chi connectivity index (χ1v) is 11.8. The molecule has 2 fully saturated rings. The van der Waals surface area contributed by atoms with Crippen LogP contribution in [0.15, 0.2) is 41.3 Å². The summed E-state index contributed by atoms with van der Waals surface area (Å²) in [5, 5.41) is 2.83. The highest BCUT2D eigenvalue weighted by molar-refractivity contribution is 6.06. The lowest BCUT2D eigenvalue weighted by Crippen LogP contribution is -2.46. The lowest BCUT2D eigenvalue weighted by molar-refractivity contribution is 0.102. The number of aromatic nitrogens is 1. The molecule has 1 saturated heterocycles. The lowest BCUT2D eigenvalue weighted by atomic mass is 10.1. The number of hydrogen-bond donors (Lipinski definition) is 1. The third kappa shape index (κ3) is 4.18. The SMILES string of the molecule is CCN1CCN(c2cc3c(cc2F)c(=O)c(C(=O)Nc2cc(F)ccc2C)cn3C2CC2)CC1. The molecular weight excluding hydrogens is 438 g/mol. The molecule has 2 aliphatic rings. The number of carbonyl (C=O) groups is 1. The van der Waals surface area contributed by atoms with Crippen molar-refractivity contribution in [2.45, 2.75) is 32.7 Å². The molecule has 0 bridgehead atoms. The molecular formula is C26H28F2N4O2. The summed E-state index contributed by atoms with van der Waals surface area (Å²) in [6, 6.07) is 7.28. The molecule has 34 heavy (non-hydrogen) atoms. The number of hydrogen-bond acceptors (Lipinski definition) is 4. The normalized spacial score (nSPS) is 16.8. The zero-order chi connectivity index (χ0) is 24.0. The van der Waals surface area contributed by atoms with Crippen LogP contribution in [-0.2, 0) is 0 Å². The Hall–Kier alpha value is -3.26. The van der Waals surface area contributed by atoms with Gasteiger partial charge in [-0.05, 0) is 56.1 Å². The Balaban J connectivity index is 1.55. The summed E-state index contributed by atoms with van der Waals surface area (Å²) >= 11 is 0. The van der Waals surface area contributed by atoms with Crippen LogP contribution >= 0.6 is 0 Å². The van der Waals surface area contributed by atoms with Gasteiger partial charge in [0.2, 0.25) is 5.43 Å². The third-order valence-corrected chi connectivity index (χ3v) is 6.89. The maximum absolute atomic E-state index is 15.2. The molecule has 0 radical (unpaired) electrons. The van der Waals surface area contributed by atoms with E-state index in [9.17, 15) is 14.0 Å². The van der Waals surface area contributed by atoms with E-state index >= 15 is 4.39 Å². The van der Waals surface area contributed by atoms with Crippen molar-refractivity contribution in [2.24, 2.45) is 0 Å². The van der Waals surface area contributed by atoms with E-state index in [2.05, 4.69) is 17.1 Å². The van der Waals surface area contributed by atoms with Gasteiger partial charge >= 0.3 is 0 Å². The van der Waals surface area contributed by atoms with Crippen LogP contribution in [0.3, 0.4) is 0 Å². The number of anilines is 2. The molecule has 2 heterocycles. The van der Waals surface area contributed by atoms with Crippen LogP contribution in [0.5, 0.6) is 0 Å². The number of pyridine rings is 1. The molecule has 178 valence electrons. The Morgan fingerprint density at radius 2 is 1.82 bits per heavy atom. The largest absolute Gasteiger partial charge is 0.367 e. The summed E-state index contributed by atoms with van der Waals surface area (Å²) in [5.41, 5.74) is 1.50. The molecule has 1 aromatic heterocycles. The first-order valence-electron chi connectivity index (χ1n) is 11.8. The minimum atomic E-state index is -0.629. The topological polar surface area (TPSA) is 57.6 Å². The first-order chi connectivity index (χ1) is 16.4. The predicted molar refractivity (Wildman–Crippen MR) is 130 cm³/mol. The molecule has 1 aliphatic heterocycles. The quantitative estimate of drug-likeness (QED) is 0.609. The van der Waals surface area contributed by atoms with E-state index in [-0.39, 0.29) is 17.0 Å². The zero-order valence-corrected chi connectivity index (χ0v) is 19.4. The molecule has 1 aliphatic carbocycles. The van der Waals surface area contributed by atoms with E-state index in [0.29, 0.717) is 22.5 Å². The maximum atomic E-state index is 15.2. The molecule has 1 amide bonds. The highest BCUT2D eigenvalue weighted by Gasteiger charge is 2.28. The average Bonchev–Trinajstić information content (AvgIpc) is 3.67. The monoisotopic (exact) mass is 466 g/mol. The lowest BCUT2D eigenvalue weighted by Gasteiger charge is -2.35. The number of nitrogens with zero attached hydrogens (tertiary/aromatic N) is 3. The summed E-state index contributed by atoms with van der Waals surface area (Å²) < 4.78 is 30.8. The van der Waals surface area contributed by atoms with Crippen LogP contribution < -0.4 is 15.6 Å². The van der Waals surface area contributed by atoms with Crippen molar-refractivity contribution < 1.29 is 13.6 Å². The summed E-state index contributed by atoms with van der Waals surface area (Å²) in [6.45, 7) is 7.99. The van der Waals surface area contributed by atoms with E-state index in [4.69, 9.17) is 0 Å². The van der Waals surface area contributed by atoms with Gasteiger partial charge in [0.15, 0.2) is 0 Å². The van der Waals surface area contributed by atoms with E-state index in [1.54, 1.807) is 25.3 Å². The Morgan fingerprint density at radius 3 is 2.50 bits per heavy atom. The minimum absolute atomic E-state index is 0.0771. The highest BCUT2D eigenvalue weighted by atomic mass is 19.1. The van der Waals surface area contributed by atoms with Crippen molar-refractivity contribution in [3.63, 3.8) is 0 Å². The van der Waals surface area contributed by atoms with Crippen molar-refractivity contribution in [3.8, 4) is 0 Å². The third-order valence-electron chi connectivity index (χ3n) is 6.89. The average molecular weight is 467 g/mol. The number of carbonyl (C=O) groups excluding carboxylic acids is 1. The Bertz CT molecular complexity index is 1320. The van der Waals surface area contributed by atoms with Gasteiger partial charge in [-0.15, -0.1) is 0 Å². The molecule has 2 aromatic carbocycles. The Labute approximate surface area is 196 Å². The summed E-state index contributed by atoms with van der Waals surface area (Å²) in [5.74, 6) is -1.57. The molecule has 5 rings (SSSR count). The van der Waals surface area contributed by atoms with Crippen LogP contribution in [0.25, 0.3) is 10.9 Å². The molecule has 1 saturated carbocycles. The fourth-order valence-corrected chi connectivity index (χ4v) is 4.64. The van der Waals surface area contributed by atoms with Crippen LogP contribution in [0.2, 0.25) is 0 Å². The highest BCUT2D eigenvalue weighted by Crippen LogP contribution is 2.38. The molecule has 1 N–H and O–H groups in total. The maximum Gasteiger partial charge on any atom is 0.261 e. The molecule has 0 atom stereocenters. The van der Waals surface area contributed by atoms with E-state index in [0.717, 1.165) is 45.6 Å². The summed E-state index contributed by atoms with van der Waals surface area (Å²) in [4.78, 5) is 30.7. The van der Waals surface area contributed by atoms with Gasteiger partial charge in [0.1, 0.15) is 17.2 Å². The number of piperazine rings is 1. The number of rotatable bonds is 5. The van der Waals surface area contributed by atoms with Gasteiger partial charge in [-0.2, -0.15) is 0 Å². The van der Waals surface area contributed by atoms with Gasteiger partial charge < -0.3 is 19.7 Å². The van der Waals surface area contributed by atoms with Crippen LogP contribution in [-0.4, -0.2) is 48.1 Å². The Kier molecular flexibility index (Phi) is 5.85. The minimum Gasteiger partial charge on any atom is -0.367 e. The van der Waals surface area contributed by atoms with Crippen molar-refractivity contribution in [1.29, 1.82) is 0 Å². The predicted octanol–water partition coefficient (Wildman–Crippen LogP) is 4.32. The molecule has 6 nitrogen and oxygen atoms in total. The van der Waals surface area contributed by atoms with Gasteiger partial charge in [0.05, 0.1) is 11.2 Å². The number of halogens is 2. The van der Waals surface area contributed by atoms with Gasteiger partial charge in [0, 0.05) is 49.5 Å². The fraction of sp³-hybridized carbons (Fsp3) is 0.385. The van der Waals surface area contributed by atoms with Crippen LogP contribution in [0.1, 0.15) is 41.7 Å². The van der Waals surface area contributed by atoms with Gasteiger partial charge in [0.25, 0.3) is 5.91 Å². The number of fused-ring (bicyclic) bond motifs is 1. The number of nitrogens with one attached hydrogen (secondary N) is 1. The van der Waals surface area contributed by atoms with Gasteiger partial charge in [-0.3, -0.25) is 9.59 Å². The number of amides is 1. The summed E-state index contributed by atoms with van der Waals surface area (Å²) in [6.07, 6.45) is 3.44. The number of likely N-dealkylation sites (N-methyl/N-ethyl adjacent to an activating group) is 1. The van der Waals surface area contributed by atoms with Crippen molar-refractivity contribution in [3.05, 3.63) is 69.5 Å². The zero-order valence-electron chi connectivity index (χ0n) is 19.4. The smallest absolute Gasteiger partial charge is 0.261 e. The van der Waals surface area contributed by atoms with E-state index in [1.165, 1.54) is 18.2 Å². The second-order valence-corrected chi connectivity index (χ2v) is 9.17. The second-order valence-electron chi connectivity index (χ2n) is 9.17. The number of benzene rings is 2.